The molecule has 0 atom stereocenters. The van der Waals surface area contributed by atoms with Gasteiger partial charge < -0.3 is 15.8 Å². The van der Waals surface area contributed by atoms with Crippen molar-refractivity contribution in [1.29, 1.82) is 0 Å². The van der Waals surface area contributed by atoms with E-state index in [9.17, 15) is 0 Å². The van der Waals surface area contributed by atoms with Gasteiger partial charge in [-0.15, -0.1) is 0 Å². The molecule has 110 valence electrons. The number of nitrogens with two attached hydrogens (primary N) is 1. The number of hydrogen-bond donors (Lipinski definition) is 2. The Balaban J connectivity index is 2.19. The van der Waals surface area contributed by atoms with Gasteiger partial charge in [0.05, 0.1) is 5.69 Å². The van der Waals surface area contributed by atoms with E-state index in [1.807, 2.05) is 12.1 Å². The van der Waals surface area contributed by atoms with Gasteiger partial charge in [0.2, 0.25) is 0 Å². The first kappa shape index (κ1) is 14.6. The molecule has 0 aromatic carbocycles. The van der Waals surface area contributed by atoms with Crippen LogP contribution < -0.4 is 10.6 Å². The second kappa shape index (κ2) is 6.11. The lowest BCUT2D eigenvalue weighted by molar-refractivity contribution is 0.199. The maximum Gasteiger partial charge on any atom is 0.190 e. The van der Waals surface area contributed by atoms with E-state index >= 15 is 0 Å². The summed E-state index contributed by atoms with van der Waals surface area (Å²) < 4.78 is 0. The number of rotatable bonds is 4. The minimum absolute atomic E-state index is 0.0726. The molecular weight excluding hydrogens is 252 g/mol. The highest BCUT2D eigenvalue weighted by Gasteiger charge is 2.32. The predicted molar refractivity (Wildman–Crippen MR) is 81.2 cm³/mol. The van der Waals surface area contributed by atoms with Crippen molar-refractivity contribution in [2.75, 3.05) is 18.0 Å². The molecule has 1 aliphatic heterocycles. The minimum Gasteiger partial charge on any atom is -0.409 e. The van der Waals surface area contributed by atoms with Gasteiger partial charge in [-0.05, 0) is 30.4 Å². The lowest BCUT2D eigenvalue weighted by atomic mass is 9.74. The summed E-state index contributed by atoms with van der Waals surface area (Å²) in [5.74, 6) is 0.0726. The Bertz CT molecular complexity index is 473. The maximum absolute atomic E-state index is 8.87. The van der Waals surface area contributed by atoms with Crippen LogP contribution in [0, 0.1) is 5.41 Å². The van der Waals surface area contributed by atoms with Gasteiger partial charge >= 0.3 is 0 Å². The first-order chi connectivity index (χ1) is 9.65. The number of aromatic nitrogens is 1. The highest BCUT2D eigenvalue weighted by atomic mass is 16.4. The van der Waals surface area contributed by atoms with Crippen LogP contribution in [0.4, 0.5) is 5.69 Å². The Morgan fingerprint density at radius 2 is 2.05 bits per heavy atom. The van der Waals surface area contributed by atoms with Crippen molar-refractivity contribution >= 4 is 11.5 Å². The molecule has 1 fully saturated rings. The van der Waals surface area contributed by atoms with Gasteiger partial charge in [0.25, 0.3) is 0 Å². The van der Waals surface area contributed by atoms with E-state index in [2.05, 4.69) is 28.9 Å². The van der Waals surface area contributed by atoms with Crippen molar-refractivity contribution in [1.82, 2.24) is 4.98 Å². The van der Waals surface area contributed by atoms with Gasteiger partial charge in [-0.3, -0.25) is 4.98 Å². The molecule has 0 amide bonds. The van der Waals surface area contributed by atoms with Crippen LogP contribution in [0.3, 0.4) is 0 Å². The summed E-state index contributed by atoms with van der Waals surface area (Å²) in [6, 6.07) is 3.89. The third kappa shape index (κ3) is 2.71. The fourth-order valence-electron chi connectivity index (χ4n) is 3.08. The van der Waals surface area contributed by atoms with E-state index < -0.39 is 0 Å². The number of pyridine rings is 1. The highest BCUT2D eigenvalue weighted by molar-refractivity contribution is 6.00. The van der Waals surface area contributed by atoms with Gasteiger partial charge in [0.15, 0.2) is 5.84 Å². The molecule has 0 aliphatic carbocycles. The molecule has 3 N–H and O–H groups in total. The van der Waals surface area contributed by atoms with Crippen LogP contribution in [-0.2, 0) is 0 Å². The second-order valence-corrected chi connectivity index (χ2v) is 5.55. The zero-order valence-corrected chi connectivity index (χ0v) is 12.3. The summed E-state index contributed by atoms with van der Waals surface area (Å²) in [4.78, 5) is 6.54. The summed E-state index contributed by atoms with van der Waals surface area (Å²) >= 11 is 0. The number of nitrogens with zero attached hydrogens (tertiary/aromatic N) is 3. The van der Waals surface area contributed by atoms with Crippen molar-refractivity contribution in [2.45, 2.75) is 39.5 Å². The van der Waals surface area contributed by atoms with E-state index in [0.717, 1.165) is 18.8 Å². The number of oxime groups is 1. The Morgan fingerprint density at radius 1 is 1.40 bits per heavy atom. The van der Waals surface area contributed by atoms with Gasteiger partial charge in [0, 0.05) is 19.3 Å². The Kier molecular flexibility index (Phi) is 4.47. The summed E-state index contributed by atoms with van der Waals surface area (Å²) in [5, 5.41) is 12.0. The molecule has 2 heterocycles. The summed E-state index contributed by atoms with van der Waals surface area (Å²) in [6.07, 6.45) is 6.51. The minimum atomic E-state index is 0.0726. The van der Waals surface area contributed by atoms with Crippen molar-refractivity contribution in [3.05, 3.63) is 24.0 Å². The molecule has 1 aliphatic rings. The molecular formula is C15H24N4O. The smallest absolute Gasteiger partial charge is 0.190 e. The van der Waals surface area contributed by atoms with Crippen LogP contribution in [0.1, 0.15) is 45.2 Å². The van der Waals surface area contributed by atoms with E-state index in [4.69, 9.17) is 10.9 Å². The molecule has 0 unspecified atom stereocenters. The average molecular weight is 276 g/mol. The van der Waals surface area contributed by atoms with Gasteiger partial charge in [-0.2, -0.15) is 0 Å². The van der Waals surface area contributed by atoms with Gasteiger partial charge in [0.1, 0.15) is 5.69 Å². The van der Waals surface area contributed by atoms with Crippen molar-refractivity contribution in [3.8, 4) is 0 Å². The van der Waals surface area contributed by atoms with Crippen LogP contribution in [0.5, 0.6) is 0 Å². The molecule has 1 aromatic rings. The first-order valence-corrected chi connectivity index (χ1v) is 7.33. The lowest BCUT2D eigenvalue weighted by Gasteiger charge is -2.42. The van der Waals surface area contributed by atoms with Crippen LogP contribution in [0.2, 0.25) is 0 Å². The fourth-order valence-corrected chi connectivity index (χ4v) is 3.08. The summed E-state index contributed by atoms with van der Waals surface area (Å²) in [6.45, 7) is 6.56. The quantitative estimate of drug-likeness (QED) is 0.383. The maximum atomic E-state index is 8.87. The zero-order chi connectivity index (χ0) is 14.6. The first-order valence-electron chi connectivity index (χ1n) is 7.33. The second-order valence-electron chi connectivity index (χ2n) is 5.55. The molecule has 5 heteroatoms. The molecule has 0 saturated carbocycles. The number of piperidine rings is 1. The lowest BCUT2D eigenvalue weighted by Crippen LogP contribution is -2.40. The van der Waals surface area contributed by atoms with Crippen LogP contribution >= 0.6 is 0 Å². The average Bonchev–Trinajstić information content (AvgIpc) is 2.54. The zero-order valence-electron chi connectivity index (χ0n) is 12.3. The van der Waals surface area contributed by atoms with E-state index in [1.165, 1.54) is 25.7 Å². The van der Waals surface area contributed by atoms with Crippen LogP contribution in [0.15, 0.2) is 23.5 Å². The SMILES string of the molecule is CCC1(CC)CCN(c2cccnc2/C(N)=N/O)CC1. The van der Waals surface area contributed by atoms with E-state index in [0.29, 0.717) is 11.1 Å². The normalized spacial score (nSPS) is 19.1. The molecule has 20 heavy (non-hydrogen) atoms. The monoisotopic (exact) mass is 276 g/mol. The highest BCUT2D eigenvalue weighted by Crippen LogP contribution is 2.39. The standard InChI is InChI=1S/C15H24N4O/c1-3-15(4-2)7-10-19(11-8-15)12-6-5-9-17-13(12)14(16)18-20/h5-6,9,20H,3-4,7-8,10-11H2,1-2H3,(H2,16,18). The molecule has 0 bridgehead atoms. The third-order valence-corrected chi connectivity index (χ3v) is 4.80. The third-order valence-electron chi connectivity index (χ3n) is 4.80. The number of hydrogen-bond acceptors (Lipinski definition) is 4. The molecule has 1 saturated heterocycles. The summed E-state index contributed by atoms with van der Waals surface area (Å²) in [5.41, 5.74) is 7.73. The summed E-state index contributed by atoms with van der Waals surface area (Å²) in [7, 11) is 0. The topological polar surface area (TPSA) is 74.7 Å². The van der Waals surface area contributed by atoms with Crippen molar-refractivity contribution in [3.63, 3.8) is 0 Å². The van der Waals surface area contributed by atoms with Crippen molar-refractivity contribution < 1.29 is 5.21 Å². The van der Waals surface area contributed by atoms with Crippen molar-refractivity contribution in [2.24, 2.45) is 16.3 Å². The van der Waals surface area contributed by atoms with Crippen LogP contribution in [0.25, 0.3) is 0 Å². The van der Waals surface area contributed by atoms with E-state index in [-0.39, 0.29) is 5.84 Å². The molecule has 2 rings (SSSR count). The van der Waals surface area contributed by atoms with E-state index in [1.54, 1.807) is 6.20 Å². The molecule has 0 radical (unpaired) electrons. The molecule has 1 aromatic heterocycles. The van der Waals surface area contributed by atoms with Gasteiger partial charge in [-0.25, -0.2) is 0 Å². The fraction of sp³-hybridized carbons (Fsp3) is 0.600. The Labute approximate surface area is 120 Å². The molecule has 0 spiro atoms. The predicted octanol–water partition coefficient (Wildman–Crippen LogP) is 2.58. The largest absolute Gasteiger partial charge is 0.409 e. The van der Waals surface area contributed by atoms with Gasteiger partial charge in [-0.1, -0.05) is 31.8 Å². The molecule has 5 nitrogen and oxygen atoms in total. The van der Waals surface area contributed by atoms with Crippen LogP contribution in [-0.4, -0.2) is 29.1 Å². The number of amidine groups is 1. The number of anilines is 1. The Hall–Kier alpha value is -1.78. The Morgan fingerprint density at radius 3 is 2.60 bits per heavy atom.